The summed E-state index contributed by atoms with van der Waals surface area (Å²) in [5.41, 5.74) is 0.383. The predicted molar refractivity (Wildman–Crippen MR) is 73.0 cm³/mol. The second-order valence-electron chi connectivity index (χ2n) is 5.00. The lowest BCUT2D eigenvalue weighted by Crippen LogP contribution is -2.47. The molecule has 114 valence electrons. The number of hydrogen-bond acceptors (Lipinski definition) is 6. The topological polar surface area (TPSA) is 84.7 Å². The maximum absolute atomic E-state index is 12.3. The van der Waals surface area contributed by atoms with Gasteiger partial charge in [0.25, 0.3) is 0 Å². The van der Waals surface area contributed by atoms with Crippen molar-refractivity contribution in [2.45, 2.75) is 31.7 Å². The van der Waals surface area contributed by atoms with E-state index in [0.29, 0.717) is 31.2 Å². The van der Waals surface area contributed by atoms with E-state index >= 15 is 0 Å². The van der Waals surface area contributed by atoms with Crippen molar-refractivity contribution < 1.29 is 17.7 Å². The number of aromatic nitrogens is 1. The first-order valence-corrected chi connectivity index (χ1v) is 8.14. The molecule has 0 spiro atoms. The molecule has 0 aliphatic carbocycles. The van der Waals surface area contributed by atoms with Gasteiger partial charge in [0.15, 0.2) is 5.76 Å². The van der Waals surface area contributed by atoms with Gasteiger partial charge < -0.3 is 9.26 Å². The minimum Gasteiger partial charge on any atom is -0.379 e. The lowest BCUT2D eigenvalue weighted by atomic mass is 10.2. The van der Waals surface area contributed by atoms with Crippen LogP contribution in [0.3, 0.4) is 0 Å². The first-order chi connectivity index (χ1) is 9.42. The Balaban J connectivity index is 1.99. The van der Waals surface area contributed by atoms with E-state index in [4.69, 9.17) is 9.26 Å². The van der Waals surface area contributed by atoms with Crippen molar-refractivity contribution in [2.75, 3.05) is 32.8 Å². The second kappa shape index (κ2) is 6.21. The fraction of sp³-hybridized carbons (Fsp3) is 0.750. The van der Waals surface area contributed by atoms with Gasteiger partial charge in [-0.15, -0.1) is 0 Å². The molecule has 0 bridgehead atoms. The van der Waals surface area contributed by atoms with Gasteiger partial charge in [-0.3, -0.25) is 4.90 Å². The summed E-state index contributed by atoms with van der Waals surface area (Å²) < 4.78 is 37.4. The lowest BCUT2D eigenvalue weighted by molar-refractivity contribution is 0.0213. The standard InChI is InChI=1S/C12H21N3O4S/c1-9(15-4-6-18-7-5-15)8-13-20(16,17)12-10(2)14-19-11(12)3/h9,13H,4-8H2,1-3H3/t9-/m0/s1. The first-order valence-electron chi connectivity index (χ1n) is 6.66. The number of nitrogens with zero attached hydrogens (tertiary/aromatic N) is 2. The minimum absolute atomic E-state index is 0.120. The highest BCUT2D eigenvalue weighted by molar-refractivity contribution is 7.89. The molecule has 8 heteroatoms. The maximum Gasteiger partial charge on any atom is 0.246 e. The number of ether oxygens (including phenoxy) is 1. The number of sulfonamides is 1. The monoisotopic (exact) mass is 303 g/mol. The molecule has 1 fully saturated rings. The highest BCUT2D eigenvalue weighted by Crippen LogP contribution is 2.18. The minimum atomic E-state index is -3.58. The zero-order valence-electron chi connectivity index (χ0n) is 12.0. The molecule has 20 heavy (non-hydrogen) atoms. The Kier molecular flexibility index (Phi) is 4.79. The SMILES string of the molecule is Cc1noc(C)c1S(=O)(=O)NC[C@H](C)N1CCOCC1. The third-order valence-electron chi connectivity index (χ3n) is 3.47. The van der Waals surface area contributed by atoms with E-state index in [1.165, 1.54) is 0 Å². The normalized spacial score (nSPS) is 19.1. The largest absolute Gasteiger partial charge is 0.379 e. The van der Waals surface area contributed by atoms with Crippen molar-refractivity contribution in [1.82, 2.24) is 14.8 Å². The van der Waals surface area contributed by atoms with Crippen LogP contribution in [0.5, 0.6) is 0 Å². The van der Waals surface area contributed by atoms with Crippen LogP contribution < -0.4 is 4.72 Å². The van der Waals surface area contributed by atoms with E-state index in [0.717, 1.165) is 13.1 Å². The van der Waals surface area contributed by atoms with Crippen LogP contribution in [0, 0.1) is 13.8 Å². The third kappa shape index (κ3) is 3.38. The smallest absolute Gasteiger partial charge is 0.246 e. The van der Waals surface area contributed by atoms with E-state index in [-0.39, 0.29) is 10.9 Å². The molecule has 0 unspecified atom stereocenters. The summed E-state index contributed by atoms with van der Waals surface area (Å²) in [4.78, 5) is 2.35. The van der Waals surface area contributed by atoms with Crippen molar-refractivity contribution in [3.05, 3.63) is 11.5 Å². The van der Waals surface area contributed by atoms with Gasteiger partial charge in [-0.25, -0.2) is 13.1 Å². The number of hydrogen-bond donors (Lipinski definition) is 1. The quantitative estimate of drug-likeness (QED) is 0.841. The molecule has 1 aliphatic rings. The molecule has 7 nitrogen and oxygen atoms in total. The third-order valence-corrected chi connectivity index (χ3v) is 5.14. The Morgan fingerprint density at radius 3 is 2.55 bits per heavy atom. The molecule has 1 aromatic rings. The molecule has 1 aliphatic heterocycles. The van der Waals surface area contributed by atoms with Crippen LogP contribution in [-0.2, 0) is 14.8 Å². The molecule has 2 heterocycles. The Bertz CT molecular complexity index is 530. The van der Waals surface area contributed by atoms with Gasteiger partial charge in [0.05, 0.1) is 13.2 Å². The Hall–Kier alpha value is -0.960. The average molecular weight is 303 g/mol. The summed E-state index contributed by atoms with van der Waals surface area (Å²) in [6.45, 7) is 8.62. The van der Waals surface area contributed by atoms with Crippen molar-refractivity contribution in [2.24, 2.45) is 0 Å². The van der Waals surface area contributed by atoms with Crippen molar-refractivity contribution >= 4 is 10.0 Å². The van der Waals surface area contributed by atoms with Gasteiger partial charge in [-0.2, -0.15) is 0 Å². The van der Waals surface area contributed by atoms with Crippen molar-refractivity contribution in [1.29, 1.82) is 0 Å². The Morgan fingerprint density at radius 1 is 1.35 bits per heavy atom. The second-order valence-corrected chi connectivity index (χ2v) is 6.71. The zero-order chi connectivity index (χ0) is 14.8. The molecule has 0 radical (unpaired) electrons. The molecule has 0 amide bonds. The van der Waals surface area contributed by atoms with Crippen LogP contribution in [0.15, 0.2) is 9.42 Å². The molecular weight excluding hydrogens is 282 g/mol. The predicted octanol–water partition coefficient (Wildman–Crippen LogP) is 0.290. The van der Waals surface area contributed by atoms with E-state index in [1.54, 1.807) is 13.8 Å². The fourth-order valence-electron chi connectivity index (χ4n) is 2.31. The molecule has 0 saturated carbocycles. The molecule has 1 N–H and O–H groups in total. The van der Waals surface area contributed by atoms with Crippen LogP contribution in [0.25, 0.3) is 0 Å². The van der Waals surface area contributed by atoms with Crippen LogP contribution in [0.1, 0.15) is 18.4 Å². The fourth-order valence-corrected chi connectivity index (χ4v) is 3.75. The summed E-state index contributed by atoms with van der Waals surface area (Å²) in [6.07, 6.45) is 0. The molecular formula is C12H21N3O4S. The highest BCUT2D eigenvalue weighted by atomic mass is 32.2. The van der Waals surface area contributed by atoms with Gasteiger partial charge in [-0.05, 0) is 20.8 Å². The average Bonchev–Trinajstić information content (AvgIpc) is 2.77. The zero-order valence-corrected chi connectivity index (χ0v) is 12.9. The molecule has 1 aromatic heterocycles. The van der Waals surface area contributed by atoms with E-state index in [2.05, 4.69) is 14.8 Å². The molecule has 0 aromatic carbocycles. The van der Waals surface area contributed by atoms with E-state index in [1.807, 2.05) is 6.92 Å². The Morgan fingerprint density at radius 2 is 2.00 bits per heavy atom. The lowest BCUT2D eigenvalue weighted by Gasteiger charge is -2.32. The maximum atomic E-state index is 12.3. The van der Waals surface area contributed by atoms with Crippen molar-refractivity contribution in [3.63, 3.8) is 0 Å². The van der Waals surface area contributed by atoms with Gasteiger partial charge in [0.1, 0.15) is 10.6 Å². The number of aryl methyl sites for hydroxylation is 2. The van der Waals surface area contributed by atoms with Gasteiger partial charge in [-0.1, -0.05) is 5.16 Å². The van der Waals surface area contributed by atoms with E-state index < -0.39 is 10.0 Å². The summed E-state index contributed by atoms with van der Waals surface area (Å²) >= 11 is 0. The van der Waals surface area contributed by atoms with E-state index in [9.17, 15) is 8.42 Å². The molecule has 1 atom stereocenters. The van der Waals surface area contributed by atoms with Crippen LogP contribution >= 0.6 is 0 Å². The van der Waals surface area contributed by atoms with Crippen LogP contribution in [0.4, 0.5) is 0 Å². The summed E-state index contributed by atoms with van der Waals surface area (Å²) in [5.74, 6) is 0.314. The first kappa shape index (κ1) is 15.4. The van der Waals surface area contributed by atoms with Gasteiger partial charge in [0, 0.05) is 25.7 Å². The summed E-state index contributed by atoms with van der Waals surface area (Å²) in [7, 11) is -3.58. The molecule has 2 rings (SSSR count). The van der Waals surface area contributed by atoms with Crippen LogP contribution in [0.2, 0.25) is 0 Å². The van der Waals surface area contributed by atoms with Crippen LogP contribution in [-0.4, -0.2) is 57.4 Å². The number of morpholine rings is 1. The summed E-state index contributed by atoms with van der Waals surface area (Å²) in [6, 6.07) is 0.120. The number of nitrogens with one attached hydrogen (secondary N) is 1. The van der Waals surface area contributed by atoms with Crippen molar-refractivity contribution in [3.8, 4) is 0 Å². The van der Waals surface area contributed by atoms with Gasteiger partial charge in [0.2, 0.25) is 10.0 Å². The molecule has 1 saturated heterocycles. The summed E-state index contributed by atoms with van der Waals surface area (Å²) in [5, 5.41) is 3.68. The van der Waals surface area contributed by atoms with Gasteiger partial charge >= 0.3 is 0 Å². The highest BCUT2D eigenvalue weighted by Gasteiger charge is 2.25. The number of rotatable bonds is 5. The Labute approximate surface area is 119 Å².